The number of halogens is 3. The average Bonchev–Trinajstić information content (AvgIpc) is 2.01. The number of hydrogen-bond acceptors (Lipinski definition) is 1. The number of hydrogen-bond donors (Lipinski definition) is 0. The molecule has 0 aliphatic rings. The summed E-state index contributed by atoms with van der Waals surface area (Å²) >= 11 is 0. The van der Waals surface area contributed by atoms with Gasteiger partial charge in [-0.05, 0) is 12.5 Å². The summed E-state index contributed by atoms with van der Waals surface area (Å²) in [6.45, 7) is -3.75. The predicted molar refractivity (Wildman–Crippen MR) is 45.3 cm³/mol. The first-order valence-electron chi connectivity index (χ1n) is 3.71. The molecule has 0 saturated heterocycles. The van der Waals surface area contributed by atoms with Gasteiger partial charge >= 0.3 is 58.4 Å². The minimum atomic E-state index is -5.09. The molecule has 0 fully saturated rings. The molecule has 0 spiro atoms. The summed E-state index contributed by atoms with van der Waals surface area (Å²) in [4.78, 5) is 10.3. The molecule has 0 heterocycles. The van der Waals surface area contributed by atoms with Crippen molar-refractivity contribution >= 4 is 18.7 Å². The van der Waals surface area contributed by atoms with Crippen LogP contribution >= 0.6 is 0 Å². The van der Waals surface area contributed by atoms with Crippen molar-refractivity contribution in [1.82, 2.24) is 0 Å². The van der Waals surface area contributed by atoms with Gasteiger partial charge in [-0.25, -0.2) is 0 Å². The largest absolute Gasteiger partial charge is 1.00 e. The van der Waals surface area contributed by atoms with E-state index in [-0.39, 0.29) is 68.8 Å². The number of rotatable bonds is 2. The number of benzene rings is 1. The van der Waals surface area contributed by atoms with E-state index in [2.05, 4.69) is 0 Å². The Morgan fingerprint density at radius 1 is 1.29 bits per heavy atom. The van der Waals surface area contributed by atoms with Crippen molar-refractivity contribution in [2.75, 3.05) is 0 Å². The molecule has 0 unspecified atom stereocenters. The second-order valence-electron chi connectivity index (χ2n) is 2.77. The fourth-order valence-corrected chi connectivity index (χ4v) is 1.25. The van der Waals surface area contributed by atoms with Crippen molar-refractivity contribution in [1.29, 1.82) is 0 Å². The first-order valence-corrected chi connectivity index (χ1v) is 3.71. The molecule has 0 radical (unpaired) electrons. The van der Waals surface area contributed by atoms with Gasteiger partial charge in [0, 0.05) is 0 Å². The predicted octanol–water partition coefficient (Wildman–Crippen LogP) is -1.13. The zero-order valence-corrected chi connectivity index (χ0v) is 11.1. The maximum Gasteiger partial charge on any atom is 1.00 e. The first kappa shape index (κ1) is 14.4. The van der Waals surface area contributed by atoms with Crippen molar-refractivity contribution in [3.63, 3.8) is 0 Å². The van der Waals surface area contributed by atoms with Crippen LogP contribution in [0.2, 0.25) is 0 Å². The van der Waals surface area contributed by atoms with Crippen LogP contribution in [0.3, 0.4) is 0 Å². The first-order chi connectivity index (χ1) is 5.96. The monoisotopic (exact) mass is 226 g/mol. The van der Waals surface area contributed by atoms with E-state index >= 15 is 0 Å². The number of carbonyl (C=O) groups is 1. The third kappa shape index (κ3) is 3.20. The van der Waals surface area contributed by atoms with Crippen LogP contribution in [0.15, 0.2) is 18.2 Å². The van der Waals surface area contributed by atoms with E-state index in [0.29, 0.717) is 0 Å². The van der Waals surface area contributed by atoms with Crippen molar-refractivity contribution in [3.8, 4) is 0 Å². The molecule has 0 bridgehead atoms. The molecule has 14 heavy (non-hydrogen) atoms. The number of aryl methyl sites for hydroxylation is 1. The Morgan fingerprint density at radius 3 is 2.21 bits per heavy atom. The standard InChI is InChI=1S/C8H7BF3O.K/c1-6-3-2-4-7(5-13)8(6)9(10,11)12;/h2-5H,1H3;/q-1;+1. The molecule has 1 rings (SSSR count). The fraction of sp³-hybridized carbons (Fsp3) is 0.125. The van der Waals surface area contributed by atoms with E-state index in [0.717, 1.165) is 0 Å². The Bertz CT molecular complexity index is 338. The summed E-state index contributed by atoms with van der Waals surface area (Å²) in [7, 11) is 0. The zero-order valence-electron chi connectivity index (χ0n) is 7.93. The summed E-state index contributed by atoms with van der Waals surface area (Å²) < 4.78 is 37.2. The Hall–Kier alpha value is 0.381. The Labute approximate surface area is 123 Å². The molecule has 0 aliphatic heterocycles. The van der Waals surface area contributed by atoms with Gasteiger partial charge in [-0.1, -0.05) is 29.2 Å². The Morgan fingerprint density at radius 2 is 1.86 bits per heavy atom. The minimum Gasteiger partial charge on any atom is -0.445 e. The van der Waals surface area contributed by atoms with E-state index in [9.17, 15) is 17.7 Å². The van der Waals surface area contributed by atoms with Crippen molar-refractivity contribution in [2.24, 2.45) is 0 Å². The van der Waals surface area contributed by atoms with Crippen LogP contribution in [-0.4, -0.2) is 13.3 Å². The summed E-state index contributed by atoms with van der Waals surface area (Å²) in [5.74, 6) is 0. The van der Waals surface area contributed by atoms with Crippen LogP contribution in [0, 0.1) is 6.92 Å². The van der Waals surface area contributed by atoms with E-state index in [1.165, 1.54) is 25.1 Å². The molecular formula is C8H7BF3KO. The van der Waals surface area contributed by atoms with Gasteiger partial charge in [-0.15, -0.1) is 0 Å². The Kier molecular flexibility index (Phi) is 5.61. The van der Waals surface area contributed by atoms with E-state index in [1.807, 2.05) is 0 Å². The van der Waals surface area contributed by atoms with Crippen LogP contribution in [0.4, 0.5) is 12.9 Å². The molecule has 1 nitrogen and oxygen atoms in total. The molecule has 70 valence electrons. The summed E-state index contributed by atoms with van der Waals surface area (Å²) in [5, 5.41) is 0. The maximum absolute atomic E-state index is 12.4. The van der Waals surface area contributed by atoms with Gasteiger partial charge in [0.1, 0.15) is 6.29 Å². The van der Waals surface area contributed by atoms with Crippen molar-refractivity contribution in [3.05, 3.63) is 29.3 Å². The zero-order chi connectivity index (χ0) is 10.1. The molecule has 0 atom stereocenters. The number of carbonyl (C=O) groups excluding carboxylic acids is 1. The topological polar surface area (TPSA) is 17.1 Å². The average molecular weight is 226 g/mol. The molecule has 0 aromatic heterocycles. The van der Waals surface area contributed by atoms with Crippen LogP contribution in [0.5, 0.6) is 0 Å². The summed E-state index contributed by atoms with van der Waals surface area (Å²) in [6.07, 6.45) is 0.234. The Balaban J connectivity index is 0.00000169. The van der Waals surface area contributed by atoms with Gasteiger partial charge in [0.25, 0.3) is 0 Å². The molecular weight excluding hydrogens is 219 g/mol. The summed E-state index contributed by atoms with van der Waals surface area (Å²) in [6, 6.07) is 3.95. The molecule has 1 aromatic carbocycles. The van der Waals surface area contributed by atoms with E-state index in [4.69, 9.17) is 0 Å². The quantitative estimate of drug-likeness (QED) is 0.460. The normalized spacial score (nSPS) is 10.6. The van der Waals surface area contributed by atoms with Gasteiger partial charge in [0.2, 0.25) is 0 Å². The second kappa shape index (κ2) is 5.46. The molecule has 0 aliphatic carbocycles. The molecule has 0 amide bonds. The van der Waals surface area contributed by atoms with Crippen LogP contribution < -0.4 is 56.8 Å². The van der Waals surface area contributed by atoms with Gasteiger partial charge < -0.3 is 12.9 Å². The van der Waals surface area contributed by atoms with Gasteiger partial charge in [0.05, 0.1) is 0 Å². The van der Waals surface area contributed by atoms with Gasteiger partial charge in [-0.2, -0.15) is 0 Å². The van der Waals surface area contributed by atoms with Crippen LogP contribution in [0.25, 0.3) is 0 Å². The minimum absolute atomic E-state index is 0. The van der Waals surface area contributed by atoms with Crippen molar-refractivity contribution < 1.29 is 69.1 Å². The molecule has 0 N–H and O–H groups in total. The molecule has 0 saturated carbocycles. The number of aldehydes is 1. The van der Waals surface area contributed by atoms with Crippen LogP contribution in [-0.2, 0) is 0 Å². The van der Waals surface area contributed by atoms with Gasteiger partial charge in [0.15, 0.2) is 0 Å². The third-order valence-corrected chi connectivity index (χ3v) is 1.81. The maximum atomic E-state index is 12.4. The summed E-state index contributed by atoms with van der Waals surface area (Å²) in [5.41, 5.74) is -0.970. The second-order valence-corrected chi connectivity index (χ2v) is 2.77. The van der Waals surface area contributed by atoms with E-state index < -0.39 is 12.4 Å². The third-order valence-electron chi connectivity index (χ3n) is 1.81. The van der Waals surface area contributed by atoms with Crippen molar-refractivity contribution in [2.45, 2.75) is 6.92 Å². The molecule has 6 heteroatoms. The smallest absolute Gasteiger partial charge is 0.445 e. The SMILES string of the molecule is Cc1cccc(C=O)c1[B-](F)(F)F.[K+]. The van der Waals surface area contributed by atoms with Gasteiger partial charge in [-0.3, -0.25) is 4.79 Å². The van der Waals surface area contributed by atoms with Crippen LogP contribution in [0.1, 0.15) is 15.9 Å². The van der Waals surface area contributed by atoms with E-state index in [1.54, 1.807) is 0 Å². The molecule has 1 aromatic rings. The fourth-order valence-electron chi connectivity index (χ4n) is 1.25.